The lowest BCUT2D eigenvalue weighted by Crippen LogP contribution is -2.55. The monoisotopic (exact) mass is 346 g/mol. The molecule has 1 aliphatic heterocycles. The zero-order valence-electron chi connectivity index (χ0n) is 13.9. The van der Waals surface area contributed by atoms with E-state index in [0.29, 0.717) is 0 Å². The number of carbonyl (C=O) groups excluding carboxylic acids is 3. The number of nitro groups is 1. The first kappa shape index (κ1) is 18.3. The van der Waals surface area contributed by atoms with E-state index in [1.165, 1.54) is 13.1 Å². The van der Waals surface area contributed by atoms with Gasteiger partial charge in [0.2, 0.25) is 11.8 Å². The molecule has 1 heterocycles. The van der Waals surface area contributed by atoms with Crippen molar-refractivity contribution in [1.29, 1.82) is 0 Å². The van der Waals surface area contributed by atoms with Crippen LogP contribution in [0.25, 0.3) is 6.08 Å². The fourth-order valence-electron chi connectivity index (χ4n) is 2.89. The standard InChI is InChI=1S/C17H18N2O6/c1-18-14(20)11-13(15(18)21)17(19(23)24,16(22)25-2)10-6-9-12-7-4-3-5-8-12/h3-9,13H,10-11H2,1-2H3/b9-6-/t13-,17+/m1/s1. The van der Waals surface area contributed by atoms with Crippen LogP contribution in [-0.4, -0.2) is 47.3 Å². The maximum absolute atomic E-state index is 12.3. The summed E-state index contributed by atoms with van der Waals surface area (Å²) in [5, 5.41) is 11.8. The van der Waals surface area contributed by atoms with Crippen LogP contribution in [0.3, 0.4) is 0 Å². The van der Waals surface area contributed by atoms with Crippen LogP contribution in [-0.2, 0) is 19.1 Å². The van der Waals surface area contributed by atoms with E-state index in [0.717, 1.165) is 17.6 Å². The largest absolute Gasteiger partial charge is 0.464 e. The van der Waals surface area contributed by atoms with Gasteiger partial charge in [0.1, 0.15) is 5.92 Å². The van der Waals surface area contributed by atoms with Gasteiger partial charge < -0.3 is 4.74 Å². The second-order valence-electron chi connectivity index (χ2n) is 5.74. The van der Waals surface area contributed by atoms with Gasteiger partial charge in [-0.1, -0.05) is 42.5 Å². The van der Waals surface area contributed by atoms with E-state index in [1.54, 1.807) is 30.3 Å². The Morgan fingerprint density at radius 2 is 2.04 bits per heavy atom. The van der Waals surface area contributed by atoms with Crippen LogP contribution in [0.15, 0.2) is 36.4 Å². The Balaban J connectivity index is 2.40. The number of ether oxygens (including phenoxy) is 1. The molecular weight excluding hydrogens is 328 g/mol. The minimum absolute atomic E-state index is 0.362. The average molecular weight is 346 g/mol. The molecule has 1 aromatic rings. The second kappa shape index (κ2) is 7.25. The first-order valence-corrected chi connectivity index (χ1v) is 7.59. The number of hydrogen-bond acceptors (Lipinski definition) is 6. The highest BCUT2D eigenvalue weighted by molar-refractivity contribution is 6.06. The molecule has 0 N–H and O–H groups in total. The number of esters is 1. The lowest BCUT2D eigenvalue weighted by Gasteiger charge is -2.25. The molecule has 8 heteroatoms. The summed E-state index contributed by atoms with van der Waals surface area (Å²) in [6, 6.07) is 9.01. The van der Waals surface area contributed by atoms with Crippen molar-refractivity contribution in [3.05, 3.63) is 52.1 Å². The molecule has 8 nitrogen and oxygen atoms in total. The van der Waals surface area contributed by atoms with Crippen LogP contribution in [0.5, 0.6) is 0 Å². The number of rotatable bonds is 6. The molecule has 0 spiro atoms. The molecule has 1 aliphatic rings. The topological polar surface area (TPSA) is 107 Å². The second-order valence-corrected chi connectivity index (χ2v) is 5.74. The fraction of sp³-hybridized carbons (Fsp3) is 0.353. The zero-order chi connectivity index (χ0) is 18.6. The predicted octanol–water partition coefficient (Wildman–Crippen LogP) is 1.28. The molecule has 0 radical (unpaired) electrons. The quantitative estimate of drug-likeness (QED) is 0.332. The minimum atomic E-state index is -2.34. The molecule has 0 aromatic heterocycles. The number of benzene rings is 1. The zero-order valence-corrected chi connectivity index (χ0v) is 13.9. The van der Waals surface area contributed by atoms with E-state index in [1.807, 2.05) is 6.07 Å². The van der Waals surface area contributed by atoms with Crippen molar-refractivity contribution in [2.75, 3.05) is 14.2 Å². The van der Waals surface area contributed by atoms with Crippen molar-refractivity contribution >= 4 is 23.9 Å². The van der Waals surface area contributed by atoms with E-state index in [9.17, 15) is 24.5 Å². The summed E-state index contributed by atoms with van der Waals surface area (Å²) >= 11 is 0. The van der Waals surface area contributed by atoms with Gasteiger partial charge in [-0.15, -0.1) is 0 Å². The molecule has 1 fully saturated rings. The summed E-state index contributed by atoms with van der Waals surface area (Å²) in [5.74, 6) is -3.85. The normalized spacial score (nSPS) is 19.9. The predicted molar refractivity (Wildman–Crippen MR) is 87.7 cm³/mol. The van der Waals surface area contributed by atoms with Gasteiger partial charge in [-0.25, -0.2) is 4.79 Å². The number of imide groups is 1. The van der Waals surface area contributed by atoms with Gasteiger partial charge in [0.25, 0.3) is 0 Å². The molecule has 0 saturated carbocycles. The number of carbonyl (C=O) groups is 3. The number of likely N-dealkylation sites (tertiary alicyclic amines) is 1. The number of amides is 2. The fourth-order valence-corrected chi connectivity index (χ4v) is 2.89. The Hall–Kier alpha value is -3.03. The Kier molecular flexibility index (Phi) is 5.31. The van der Waals surface area contributed by atoms with Crippen LogP contribution < -0.4 is 0 Å². The van der Waals surface area contributed by atoms with Gasteiger partial charge >= 0.3 is 11.5 Å². The third kappa shape index (κ3) is 3.28. The van der Waals surface area contributed by atoms with Crippen molar-refractivity contribution < 1.29 is 24.0 Å². The van der Waals surface area contributed by atoms with Crippen molar-refractivity contribution in [3.8, 4) is 0 Å². The van der Waals surface area contributed by atoms with E-state index < -0.39 is 40.6 Å². The first-order chi connectivity index (χ1) is 11.8. The Bertz CT molecular complexity index is 730. The summed E-state index contributed by atoms with van der Waals surface area (Å²) in [7, 11) is 2.26. The molecular formula is C17H18N2O6. The third-order valence-corrected chi connectivity index (χ3v) is 4.36. The number of methoxy groups -OCH3 is 1. The van der Waals surface area contributed by atoms with Crippen molar-refractivity contribution in [1.82, 2.24) is 4.90 Å². The molecule has 2 atom stereocenters. The SMILES string of the molecule is COC(=O)[C@](C/C=C\c1ccccc1)([C@@H]1CC(=O)N(C)C1=O)[N+](=O)[O-]. The summed E-state index contributed by atoms with van der Waals surface area (Å²) in [4.78, 5) is 48.2. The third-order valence-electron chi connectivity index (χ3n) is 4.36. The van der Waals surface area contributed by atoms with Crippen LogP contribution in [0, 0.1) is 16.0 Å². The molecule has 0 aliphatic carbocycles. The Labute approximate surface area is 144 Å². The highest BCUT2D eigenvalue weighted by Gasteiger charge is 2.64. The van der Waals surface area contributed by atoms with Gasteiger partial charge in [0.05, 0.1) is 7.11 Å². The smallest absolute Gasteiger partial charge is 0.385 e. The van der Waals surface area contributed by atoms with Gasteiger partial charge in [-0.05, 0) is 5.56 Å². The molecule has 2 amide bonds. The molecule has 25 heavy (non-hydrogen) atoms. The maximum Gasteiger partial charge on any atom is 0.385 e. The minimum Gasteiger partial charge on any atom is -0.464 e. The molecule has 1 saturated heterocycles. The van der Waals surface area contributed by atoms with Gasteiger partial charge in [-0.3, -0.25) is 24.6 Å². The summed E-state index contributed by atoms with van der Waals surface area (Å²) in [6.07, 6.45) is 2.31. The molecule has 0 unspecified atom stereocenters. The highest BCUT2D eigenvalue weighted by Crippen LogP contribution is 2.36. The lowest BCUT2D eigenvalue weighted by atomic mass is 9.80. The summed E-state index contributed by atoms with van der Waals surface area (Å²) in [6.45, 7) is 0. The van der Waals surface area contributed by atoms with E-state index in [4.69, 9.17) is 0 Å². The molecule has 132 valence electrons. The van der Waals surface area contributed by atoms with E-state index >= 15 is 0 Å². The van der Waals surface area contributed by atoms with Crippen LogP contribution in [0.4, 0.5) is 0 Å². The maximum atomic E-state index is 12.3. The Morgan fingerprint density at radius 1 is 1.40 bits per heavy atom. The average Bonchev–Trinajstić information content (AvgIpc) is 2.86. The molecule has 0 bridgehead atoms. The first-order valence-electron chi connectivity index (χ1n) is 7.59. The Morgan fingerprint density at radius 3 is 2.52 bits per heavy atom. The van der Waals surface area contributed by atoms with Gasteiger partial charge in [0, 0.05) is 24.8 Å². The molecule has 2 rings (SSSR count). The number of hydrogen-bond donors (Lipinski definition) is 0. The van der Waals surface area contributed by atoms with Crippen molar-refractivity contribution in [3.63, 3.8) is 0 Å². The van der Waals surface area contributed by atoms with Crippen LogP contribution in [0.1, 0.15) is 18.4 Å². The lowest BCUT2D eigenvalue weighted by molar-refractivity contribution is -0.561. The van der Waals surface area contributed by atoms with Crippen LogP contribution in [0.2, 0.25) is 0 Å². The van der Waals surface area contributed by atoms with Crippen molar-refractivity contribution in [2.24, 2.45) is 5.92 Å². The summed E-state index contributed by atoms with van der Waals surface area (Å²) in [5.41, 5.74) is -1.55. The number of nitrogens with zero attached hydrogens (tertiary/aromatic N) is 2. The van der Waals surface area contributed by atoms with Crippen LogP contribution >= 0.6 is 0 Å². The van der Waals surface area contributed by atoms with E-state index in [-0.39, 0.29) is 6.42 Å². The van der Waals surface area contributed by atoms with Gasteiger partial charge in [0.15, 0.2) is 0 Å². The van der Waals surface area contributed by atoms with Gasteiger partial charge in [-0.2, -0.15) is 0 Å². The highest BCUT2D eigenvalue weighted by atomic mass is 16.6. The molecule has 1 aromatic carbocycles. The van der Waals surface area contributed by atoms with Crippen molar-refractivity contribution in [2.45, 2.75) is 18.4 Å². The summed E-state index contributed by atoms with van der Waals surface area (Å²) < 4.78 is 4.61. The van der Waals surface area contributed by atoms with E-state index in [2.05, 4.69) is 4.74 Å².